The van der Waals surface area contributed by atoms with Gasteiger partial charge in [0.15, 0.2) is 0 Å². The van der Waals surface area contributed by atoms with Crippen molar-refractivity contribution in [2.24, 2.45) is 0 Å². The quantitative estimate of drug-likeness (QED) is 0.447. The lowest BCUT2D eigenvalue weighted by molar-refractivity contribution is -0.116. The van der Waals surface area contributed by atoms with E-state index in [2.05, 4.69) is 10.6 Å². The highest BCUT2D eigenvalue weighted by Crippen LogP contribution is 2.18. The minimum absolute atomic E-state index is 0.0229. The SMILES string of the molecule is CCCC(=O)Nc1ccc(NC(=O)c2cccc(OCCOc3ccccc3)c2)cc1. The van der Waals surface area contributed by atoms with Crippen LogP contribution in [0.3, 0.4) is 0 Å². The number of para-hydroxylation sites is 1. The van der Waals surface area contributed by atoms with Crippen LogP contribution in [0.1, 0.15) is 30.1 Å². The van der Waals surface area contributed by atoms with Gasteiger partial charge in [-0.1, -0.05) is 31.2 Å². The molecule has 0 atom stereocenters. The lowest BCUT2D eigenvalue weighted by atomic mass is 10.2. The minimum atomic E-state index is -0.242. The van der Waals surface area contributed by atoms with Gasteiger partial charge in [-0.3, -0.25) is 9.59 Å². The summed E-state index contributed by atoms with van der Waals surface area (Å²) in [5, 5.41) is 5.67. The van der Waals surface area contributed by atoms with Gasteiger partial charge in [0, 0.05) is 23.4 Å². The van der Waals surface area contributed by atoms with E-state index in [1.54, 1.807) is 48.5 Å². The Bertz CT molecular complexity index is 988. The third-order valence-corrected chi connectivity index (χ3v) is 4.36. The summed E-state index contributed by atoms with van der Waals surface area (Å²) in [5.41, 5.74) is 1.83. The van der Waals surface area contributed by atoms with Gasteiger partial charge in [0.1, 0.15) is 24.7 Å². The Labute approximate surface area is 182 Å². The monoisotopic (exact) mass is 418 g/mol. The summed E-state index contributed by atoms with van der Waals surface area (Å²) in [6.45, 7) is 2.73. The number of rotatable bonds is 10. The molecule has 2 N–H and O–H groups in total. The van der Waals surface area contributed by atoms with E-state index in [1.807, 2.05) is 37.3 Å². The molecule has 2 amide bonds. The highest BCUT2D eigenvalue weighted by molar-refractivity contribution is 6.04. The summed E-state index contributed by atoms with van der Waals surface area (Å²) >= 11 is 0. The molecule has 6 nitrogen and oxygen atoms in total. The normalized spacial score (nSPS) is 10.2. The average molecular weight is 418 g/mol. The third-order valence-electron chi connectivity index (χ3n) is 4.36. The second-order valence-electron chi connectivity index (χ2n) is 6.87. The zero-order valence-electron chi connectivity index (χ0n) is 17.5. The summed E-state index contributed by atoms with van der Waals surface area (Å²) < 4.78 is 11.3. The first-order valence-corrected chi connectivity index (χ1v) is 10.3. The molecule has 3 aromatic rings. The summed E-state index contributed by atoms with van der Waals surface area (Å²) in [7, 11) is 0. The van der Waals surface area contributed by atoms with Crippen molar-refractivity contribution in [3.63, 3.8) is 0 Å². The molecule has 0 aliphatic heterocycles. The van der Waals surface area contributed by atoms with E-state index in [0.29, 0.717) is 42.3 Å². The number of benzene rings is 3. The van der Waals surface area contributed by atoms with E-state index in [4.69, 9.17) is 9.47 Å². The van der Waals surface area contributed by atoms with Crippen LogP contribution in [0.2, 0.25) is 0 Å². The molecule has 6 heteroatoms. The van der Waals surface area contributed by atoms with E-state index in [0.717, 1.165) is 12.2 Å². The molecular weight excluding hydrogens is 392 g/mol. The first kappa shape index (κ1) is 21.9. The third kappa shape index (κ3) is 7.19. The van der Waals surface area contributed by atoms with E-state index in [9.17, 15) is 9.59 Å². The molecule has 0 bridgehead atoms. The van der Waals surface area contributed by atoms with Crippen molar-refractivity contribution in [1.82, 2.24) is 0 Å². The van der Waals surface area contributed by atoms with Crippen LogP contribution < -0.4 is 20.1 Å². The van der Waals surface area contributed by atoms with Gasteiger partial charge in [-0.05, 0) is 61.0 Å². The molecule has 0 saturated carbocycles. The van der Waals surface area contributed by atoms with Crippen LogP contribution in [0, 0.1) is 0 Å². The molecule has 31 heavy (non-hydrogen) atoms. The van der Waals surface area contributed by atoms with Gasteiger partial charge in [0.2, 0.25) is 5.91 Å². The highest BCUT2D eigenvalue weighted by Gasteiger charge is 2.08. The molecule has 0 unspecified atom stereocenters. The minimum Gasteiger partial charge on any atom is -0.490 e. The van der Waals surface area contributed by atoms with Gasteiger partial charge in [0.25, 0.3) is 5.91 Å². The fourth-order valence-corrected chi connectivity index (χ4v) is 2.85. The Morgan fingerprint density at radius 3 is 2.03 bits per heavy atom. The molecule has 0 fully saturated rings. The van der Waals surface area contributed by atoms with Gasteiger partial charge in [-0.2, -0.15) is 0 Å². The average Bonchev–Trinajstić information content (AvgIpc) is 2.79. The predicted molar refractivity (Wildman–Crippen MR) is 122 cm³/mol. The zero-order chi connectivity index (χ0) is 21.9. The molecule has 160 valence electrons. The lowest BCUT2D eigenvalue weighted by Crippen LogP contribution is -2.13. The number of amides is 2. The standard InChI is InChI=1S/C25H26N2O4/c1-2-7-24(28)26-20-12-14-21(15-13-20)27-25(29)19-8-6-11-23(18-19)31-17-16-30-22-9-4-3-5-10-22/h3-6,8-15,18H,2,7,16-17H2,1H3,(H,26,28)(H,27,29). The van der Waals surface area contributed by atoms with Crippen molar-refractivity contribution >= 4 is 23.2 Å². The number of hydrogen-bond acceptors (Lipinski definition) is 4. The van der Waals surface area contributed by atoms with Crippen molar-refractivity contribution in [3.8, 4) is 11.5 Å². The largest absolute Gasteiger partial charge is 0.490 e. The van der Waals surface area contributed by atoms with Gasteiger partial charge < -0.3 is 20.1 Å². The molecule has 0 aliphatic carbocycles. The second kappa shape index (κ2) is 11.4. The smallest absolute Gasteiger partial charge is 0.255 e. The van der Waals surface area contributed by atoms with Crippen LogP contribution in [0.5, 0.6) is 11.5 Å². The Morgan fingerprint density at radius 1 is 0.742 bits per heavy atom. The molecule has 0 heterocycles. The van der Waals surface area contributed by atoms with E-state index >= 15 is 0 Å². The first-order chi connectivity index (χ1) is 15.1. The van der Waals surface area contributed by atoms with Crippen LogP contribution in [-0.2, 0) is 4.79 Å². The van der Waals surface area contributed by atoms with Crippen LogP contribution in [0.25, 0.3) is 0 Å². The molecule has 0 aromatic heterocycles. The fourth-order valence-electron chi connectivity index (χ4n) is 2.85. The van der Waals surface area contributed by atoms with Crippen molar-refractivity contribution in [1.29, 1.82) is 0 Å². The van der Waals surface area contributed by atoms with Gasteiger partial charge in [-0.15, -0.1) is 0 Å². The van der Waals surface area contributed by atoms with Crippen LogP contribution in [0.15, 0.2) is 78.9 Å². The zero-order valence-corrected chi connectivity index (χ0v) is 17.5. The number of carbonyl (C=O) groups excluding carboxylic acids is 2. The Kier molecular flexibility index (Phi) is 8.05. The topological polar surface area (TPSA) is 76.7 Å². The Balaban J connectivity index is 1.49. The van der Waals surface area contributed by atoms with E-state index in [1.165, 1.54) is 0 Å². The van der Waals surface area contributed by atoms with Crippen molar-refractivity contribution in [2.45, 2.75) is 19.8 Å². The summed E-state index contributed by atoms with van der Waals surface area (Å²) in [5.74, 6) is 1.12. The number of nitrogens with one attached hydrogen (secondary N) is 2. The molecule has 0 saturated heterocycles. The van der Waals surface area contributed by atoms with Crippen molar-refractivity contribution in [2.75, 3.05) is 23.8 Å². The summed E-state index contributed by atoms with van der Waals surface area (Å²) in [6, 6.07) is 23.5. The molecular formula is C25H26N2O4. The van der Waals surface area contributed by atoms with Crippen LogP contribution in [0.4, 0.5) is 11.4 Å². The van der Waals surface area contributed by atoms with Crippen LogP contribution >= 0.6 is 0 Å². The van der Waals surface area contributed by atoms with E-state index < -0.39 is 0 Å². The second-order valence-corrected chi connectivity index (χ2v) is 6.87. The molecule has 3 aromatic carbocycles. The Hall–Kier alpha value is -3.80. The van der Waals surface area contributed by atoms with Crippen molar-refractivity contribution in [3.05, 3.63) is 84.4 Å². The van der Waals surface area contributed by atoms with Crippen molar-refractivity contribution < 1.29 is 19.1 Å². The predicted octanol–water partition coefficient (Wildman–Crippen LogP) is 5.14. The molecule has 0 aliphatic rings. The van der Waals surface area contributed by atoms with Gasteiger partial charge >= 0.3 is 0 Å². The molecule has 0 spiro atoms. The van der Waals surface area contributed by atoms with Gasteiger partial charge in [-0.25, -0.2) is 0 Å². The molecule has 0 radical (unpaired) electrons. The first-order valence-electron chi connectivity index (χ1n) is 10.3. The maximum Gasteiger partial charge on any atom is 0.255 e. The maximum atomic E-state index is 12.6. The summed E-state index contributed by atoms with van der Waals surface area (Å²) in [4.78, 5) is 24.2. The Morgan fingerprint density at radius 2 is 1.35 bits per heavy atom. The number of ether oxygens (including phenoxy) is 2. The van der Waals surface area contributed by atoms with Crippen LogP contribution in [-0.4, -0.2) is 25.0 Å². The fraction of sp³-hybridized carbons (Fsp3) is 0.200. The highest BCUT2D eigenvalue weighted by atomic mass is 16.5. The number of hydrogen-bond donors (Lipinski definition) is 2. The summed E-state index contributed by atoms with van der Waals surface area (Å²) in [6.07, 6.45) is 1.28. The number of carbonyl (C=O) groups is 2. The number of anilines is 2. The maximum absolute atomic E-state index is 12.6. The van der Waals surface area contributed by atoms with Gasteiger partial charge in [0.05, 0.1) is 0 Å². The lowest BCUT2D eigenvalue weighted by Gasteiger charge is -2.10. The molecule has 3 rings (SSSR count). The van der Waals surface area contributed by atoms with E-state index in [-0.39, 0.29) is 11.8 Å².